The molecule has 0 aliphatic heterocycles. The quantitative estimate of drug-likeness (QED) is 0.582. The molecule has 0 spiro atoms. The molecule has 0 bridgehead atoms. The fourth-order valence-corrected chi connectivity index (χ4v) is 4.91. The van der Waals surface area contributed by atoms with E-state index in [1.807, 2.05) is 6.07 Å². The maximum absolute atomic E-state index is 12.6. The Hall–Kier alpha value is -1.50. The van der Waals surface area contributed by atoms with Crippen molar-refractivity contribution in [3.05, 3.63) is 57.2 Å². The predicted octanol–water partition coefficient (Wildman–Crippen LogP) is 5.53. The molecule has 25 heavy (non-hydrogen) atoms. The molecule has 4 rings (SSSR count). The van der Waals surface area contributed by atoms with Gasteiger partial charge >= 0.3 is 0 Å². The van der Waals surface area contributed by atoms with E-state index in [0.717, 1.165) is 46.9 Å². The van der Waals surface area contributed by atoms with Gasteiger partial charge in [0.15, 0.2) is 0 Å². The molecule has 0 radical (unpaired) electrons. The maximum Gasteiger partial charge on any atom is 0.261 e. The van der Waals surface area contributed by atoms with Crippen molar-refractivity contribution in [2.45, 2.75) is 30.6 Å². The minimum atomic E-state index is -3.68. The van der Waals surface area contributed by atoms with Gasteiger partial charge in [0.25, 0.3) is 10.0 Å². The summed E-state index contributed by atoms with van der Waals surface area (Å²) in [6.45, 7) is 0. The van der Waals surface area contributed by atoms with Crippen LogP contribution >= 0.6 is 27.5 Å². The average Bonchev–Trinajstić information content (AvgIpc) is 2.94. The van der Waals surface area contributed by atoms with Crippen LogP contribution in [-0.2, 0) is 22.9 Å². The summed E-state index contributed by atoms with van der Waals surface area (Å²) in [7, 11) is -3.68. The zero-order chi connectivity index (χ0) is 17.6. The van der Waals surface area contributed by atoms with Crippen LogP contribution in [0.5, 0.6) is 0 Å². The molecule has 0 atom stereocenters. The molecule has 7 heteroatoms. The Kier molecular flexibility index (Phi) is 4.30. The third-order valence-electron chi connectivity index (χ3n) is 4.39. The minimum Gasteiger partial charge on any atom is -0.460 e. The number of benzene rings is 2. The first kappa shape index (κ1) is 16.9. The van der Waals surface area contributed by atoms with Gasteiger partial charge in [-0.05, 0) is 71.6 Å². The van der Waals surface area contributed by atoms with Crippen LogP contribution in [0.4, 0.5) is 5.69 Å². The van der Waals surface area contributed by atoms with E-state index in [2.05, 4.69) is 20.7 Å². The lowest BCUT2D eigenvalue weighted by Crippen LogP contribution is -2.12. The normalized spacial score (nSPS) is 14.5. The van der Waals surface area contributed by atoms with Gasteiger partial charge in [-0.1, -0.05) is 11.6 Å². The molecule has 4 nitrogen and oxygen atoms in total. The third-order valence-corrected chi connectivity index (χ3v) is 6.63. The van der Waals surface area contributed by atoms with Gasteiger partial charge in [0.1, 0.15) is 11.3 Å². The summed E-state index contributed by atoms with van der Waals surface area (Å²) in [6, 6.07) is 9.66. The van der Waals surface area contributed by atoms with Gasteiger partial charge in [0.05, 0.1) is 15.1 Å². The Balaban J connectivity index is 1.75. The Morgan fingerprint density at radius 1 is 1.08 bits per heavy atom. The standard InChI is InChI=1S/C18H15BrClNO3S/c19-16-10-12(21-25(22,23)13-7-5-11(20)6-8-13)9-15-14-3-1-2-4-17(14)24-18(15)16/h5-10,21H,1-4H2. The molecule has 1 aliphatic rings. The van der Waals surface area contributed by atoms with Gasteiger partial charge < -0.3 is 4.42 Å². The Morgan fingerprint density at radius 2 is 1.80 bits per heavy atom. The van der Waals surface area contributed by atoms with E-state index in [1.54, 1.807) is 18.2 Å². The van der Waals surface area contributed by atoms with Gasteiger partial charge in [-0.25, -0.2) is 8.42 Å². The highest BCUT2D eigenvalue weighted by Gasteiger charge is 2.21. The topological polar surface area (TPSA) is 59.3 Å². The van der Waals surface area contributed by atoms with Crippen LogP contribution in [0, 0.1) is 0 Å². The smallest absolute Gasteiger partial charge is 0.261 e. The largest absolute Gasteiger partial charge is 0.460 e. The summed E-state index contributed by atoms with van der Waals surface area (Å²) >= 11 is 9.33. The van der Waals surface area contributed by atoms with Crippen LogP contribution in [0.15, 0.2) is 50.2 Å². The molecule has 0 saturated carbocycles. The number of aryl methyl sites for hydroxylation is 2. The predicted molar refractivity (Wildman–Crippen MR) is 103 cm³/mol. The van der Waals surface area contributed by atoms with Crippen molar-refractivity contribution in [2.24, 2.45) is 0 Å². The fourth-order valence-electron chi connectivity index (χ4n) is 3.21. The highest BCUT2D eigenvalue weighted by Crippen LogP contribution is 2.38. The van der Waals surface area contributed by atoms with Gasteiger partial charge in [-0.3, -0.25) is 4.72 Å². The number of rotatable bonds is 3. The number of hydrogen-bond donors (Lipinski definition) is 1. The first-order chi connectivity index (χ1) is 11.9. The SMILES string of the molecule is O=S(=O)(Nc1cc(Br)c2oc3c(c2c1)CCCC3)c1ccc(Cl)cc1. The van der Waals surface area contributed by atoms with Gasteiger partial charge in [-0.2, -0.15) is 0 Å². The van der Waals surface area contributed by atoms with Crippen molar-refractivity contribution in [3.63, 3.8) is 0 Å². The summed E-state index contributed by atoms with van der Waals surface area (Å²) in [4.78, 5) is 0.169. The zero-order valence-electron chi connectivity index (χ0n) is 13.2. The molecule has 0 unspecified atom stereocenters. The summed E-state index contributed by atoms with van der Waals surface area (Å²) in [6.07, 6.45) is 4.14. The van der Waals surface area contributed by atoms with E-state index in [4.69, 9.17) is 16.0 Å². The molecule has 2 aromatic carbocycles. The molecule has 3 aromatic rings. The number of nitrogens with one attached hydrogen (secondary N) is 1. The van der Waals surface area contributed by atoms with E-state index in [-0.39, 0.29) is 4.90 Å². The monoisotopic (exact) mass is 439 g/mol. The van der Waals surface area contributed by atoms with E-state index < -0.39 is 10.0 Å². The molecular formula is C18H15BrClNO3S. The zero-order valence-corrected chi connectivity index (χ0v) is 16.3. The van der Waals surface area contributed by atoms with Crippen molar-refractivity contribution in [2.75, 3.05) is 4.72 Å². The number of hydrogen-bond acceptors (Lipinski definition) is 3. The average molecular weight is 441 g/mol. The van der Waals surface area contributed by atoms with Crippen molar-refractivity contribution < 1.29 is 12.8 Å². The molecule has 0 amide bonds. The van der Waals surface area contributed by atoms with Crippen LogP contribution in [0.3, 0.4) is 0 Å². The molecule has 1 N–H and O–H groups in total. The van der Waals surface area contributed by atoms with E-state index >= 15 is 0 Å². The molecule has 1 aromatic heterocycles. The second kappa shape index (κ2) is 6.34. The van der Waals surface area contributed by atoms with Crippen LogP contribution in [0.2, 0.25) is 5.02 Å². The molecular weight excluding hydrogens is 426 g/mol. The van der Waals surface area contributed by atoms with Crippen LogP contribution in [0.1, 0.15) is 24.2 Å². The van der Waals surface area contributed by atoms with Crippen molar-refractivity contribution in [1.82, 2.24) is 0 Å². The Bertz CT molecular complexity index is 1060. The summed E-state index contributed by atoms with van der Waals surface area (Å²) < 4.78 is 34.5. The number of halogens is 2. The fraction of sp³-hybridized carbons (Fsp3) is 0.222. The van der Waals surface area contributed by atoms with Crippen LogP contribution < -0.4 is 4.72 Å². The van der Waals surface area contributed by atoms with E-state index in [1.165, 1.54) is 17.7 Å². The molecule has 1 aliphatic carbocycles. The highest BCUT2D eigenvalue weighted by molar-refractivity contribution is 9.10. The lowest BCUT2D eigenvalue weighted by Gasteiger charge is -2.10. The number of fused-ring (bicyclic) bond motifs is 3. The van der Waals surface area contributed by atoms with Gasteiger partial charge in [0.2, 0.25) is 0 Å². The second-order valence-electron chi connectivity index (χ2n) is 6.11. The molecule has 1 heterocycles. The number of sulfonamides is 1. The van der Waals surface area contributed by atoms with Crippen molar-refractivity contribution >= 4 is 54.2 Å². The minimum absolute atomic E-state index is 0.169. The summed E-state index contributed by atoms with van der Waals surface area (Å²) in [5.74, 6) is 1.01. The highest BCUT2D eigenvalue weighted by atomic mass is 79.9. The van der Waals surface area contributed by atoms with Crippen LogP contribution in [-0.4, -0.2) is 8.42 Å². The molecule has 0 saturated heterocycles. The van der Waals surface area contributed by atoms with Gasteiger partial charge in [-0.15, -0.1) is 0 Å². The number of anilines is 1. The first-order valence-corrected chi connectivity index (χ1v) is 10.6. The van der Waals surface area contributed by atoms with Crippen molar-refractivity contribution in [3.8, 4) is 0 Å². The van der Waals surface area contributed by atoms with E-state index in [9.17, 15) is 8.42 Å². The van der Waals surface area contributed by atoms with Gasteiger partial charge in [0, 0.05) is 22.4 Å². The lowest BCUT2D eigenvalue weighted by atomic mass is 9.96. The van der Waals surface area contributed by atoms with Crippen LogP contribution in [0.25, 0.3) is 11.0 Å². The van der Waals surface area contributed by atoms with E-state index in [0.29, 0.717) is 10.7 Å². The second-order valence-corrected chi connectivity index (χ2v) is 9.08. The molecule has 0 fully saturated rings. The summed E-state index contributed by atoms with van der Waals surface area (Å²) in [5.41, 5.74) is 2.47. The third kappa shape index (κ3) is 3.18. The summed E-state index contributed by atoms with van der Waals surface area (Å²) in [5, 5.41) is 1.46. The molecule has 130 valence electrons. The lowest BCUT2D eigenvalue weighted by molar-refractivity contribution is 0.505. The Morgan fingerprint density at radius 3 is 2.56 bits per heavy atom. The maximum atomic E-state index is 12.6. The first-order valence-electron chi connectivity index (χ1n) is 7.96. The van der Waals surface area contributed by atoms with Crippen molar-refractivity contribution in [1.29, 1.82) is 0 Å². The number of furan rings is 1. The Labute approximate surface area is 159 Å².